The maximum atomic E-state index is 4.01. The van der Waals surface area contributed by atoms with E-state index in [0.717, 1.165) is 17.5 Å². The van der Waals surface area contributed by atoms with Gasteiger partial charge in [0, 0.05) is 0 Å². The Morgan fingerprint density at radius 3 is 1.22 bits per heavy atom. The summed E-state index contributed by atoms with van der Waals surface area (Å²) in [4.78, 5) is 12.0. The molecule has 9 heavy (non-hydrogen) atoms. The molecule has 0 atom stereocenters. The van der Waals surface area contributed by atoms with E-state index >= 15 is 0 Å². The lowest BCUT2D eigenvalue weighted by molar-refractivity contribution is 0.875. The van der Waals surface area contributed by atoms with Gasteiger partial charge < -0.3 is 0 Å². The van der Waals surface area contributed by atoms with Crippen molar-refractivity contribution >= 4 is 0 Å². The standard InChI is InChI=1S/C6H9N3/c1-4-7-5(2)9-6(3)8-4/h1-3H3/p+1. The summed E-state index contributed by atoms with van der Waals surface area (Å²) >= 11 is 0. The van der Waals surface area contributed by atoms with Crippen LogP contribution in [0.5, 0.6) is 0 Å². The minimum atomic E-state index is 0. The summed E-state index contributed by atoms with van der Waals surface area (Å²) in [5.41, 5.74) is 0. The maximum Gasteiger partial charge on any atom is 1.00 e. The van der Waals surface area contributed by atoms with Gasteiger partial charge in [0.25, 0.3) is 0 Å². The molecule has 0 aliphatic rings. The zero-order valence-electron chi connectivity index (χ0n) is 6.84. The van der Waals surface area contributed by atoms with Crippen molar-refractivity contribution in [3.8, 4) is 0 Å². The van der Waals surface area contributed by atoms with E-state index in [2.05, 4.69) is 15.0 Å². The van der Waals surface area contributed by atoms with E-state index in [1.165, 1.54) is 0 Å². The fraction of sp³-hybridized carbons (Fsp3) is 0.500. The molecule has 1 aromatic heterocycles. The second-order valence-electron chi connectivity index (χ2n) is 1.98. The predicted octanol–water partition coefficient (Wildman–Crippen LogP) is 0.909. The molecular formula is C6H10N3+. The molecule has 0 amide bonds. The summed E-state index contributed by atoms with van der Waals surface area (Å²) < 4.78 is 0. The highest BCUT2D eigenvalue weighted by Crippen LogP contribution is 1.90. The Balaban J connectivity index is 0.000000810. The second kappa shape index (κ2) is 2.09. The lowest BCUT2D eigenvalue weighted by atomic mass is 10.6. The Bertz CT molecular complexity index is 174. The van der Waals surface area contributed by atoms with Crippen LogP contribution in [0.3, 0.4) is 0 Å². The molecule has 0 radical (unpaired) electrons. The lowest BCUT2D eigenvalue weighted by Crippen LogP contribution is -1.97. The highest BCUT2D eigenvalue weighted by atomic mass is 15.0. The first-order chi connectivity index (χ1) is 4.18. The fourth-order valence-corrected chi connectivity index (χ4v) is 0.777. The molecular weight excluding hydrogens is 114 g/mol. The molecule has 1 aromatic rings. The van der Waals surface area contributed by atoms with Crippen LogP contribution in [0.25, 0.3) is 0 Å². The number of hydrogen-bond acceptors (Lipinski definition) is 3. The molecule has 0 unspecified atom stereocenters. The lowest BCUT2D eigenvalue weighted by Gasteiger charge is -1.94. The van der Waals surface area contributed by atoms with Crippen LogP contribution >= 0.6 is 0 Å². The van der Waals surface area contributed by atoms with Crippen molar-refractivity contribution in [1.29, 1.82) is 0 Å². The molecule has 3 heteroatoms. The van der Waals surface area contributed by atoms with Crippen molar-refractivity contribution in [1.82, 2.24) is 15.0 Å². The van der Waals surface area contributed by atoms with E-state index in [1.54, 1.807) is 0 Å². The monoisotopic (exact) mass is 124 g/mol. The van der Waals surface area contributed by atoms with Gasteiger partial charge in [0.15, 0.2) is 0 Å². The van der Waals surface area contributed by atoms with E-state index in [4.69, 9.17) is 0 Å². The number of nitrogens with zero attached hydrogens (tertiary/aromatic N) is 3. The van der Waals surface area contributed by atoms with Crippen molar-refractivity contribution in [2.24, 2.45) is 0 Å². The van der Waals surface area contributed by atoms with Gasteiger partial charge in [0.2, 0.25) is 0 Å². The van der Waals surface area contributed by atoms with Crippen LogP contribution in [-0.4, -0.2) is 15.0 Å². The van der Waals surface area contributed by atoms with Crippen LogP contribution in [0.1, 0.15) is 18.9 Å². The summed E-state index contributed by atoms with van der Waals surface area (Å²) in [5, 5.41) is 0. The van der Waals surface area contributed by atoms with Crippen LogP contribution in [0.15, 0.2) is 0 Å². The molecule has 1 heterocycles. The summed E-state index contributed by atoms with van der Waals surface area (Å²) in [6, 6.07) is 0. The van der Waals surface area contributed by atoms with Gasteiger partial charge in [0.1, 0.15) is 17.5 Å². The third-order valence-electron chi connectivity index (χ3n) is 0.971. The van der Waals surface area contributed by atoms with Crippen molar-refractivity contribution in [3.05, 3.63) is 17.5 Å². The first kappa shape index (κ1) is 6.13. The zero-order valence-corrected chi connectivity index (χ0v) is 5.84. The normalized spacial score (nSPS) is 9.67. The van der Waals surface area contributed by atoms with Crippen molar-refractivity contribution in [2.75, 3.05) is 0 Å². The van der Waals surface area contributed by atoms with Crippen molar-refractivity contribution < 1.29 is 1.43 Å². The van der Waals surface area contributed by atoms with Gasteiger partial charge in [0.05, 0.1) is 0 Å². The molecule has 0 N–H and O–H groups in total. The van der Waals surface area contributed by atoms with Gasteiger partial charge in [-0.05, 0) is 20.8 Å². The maximum absolute atomic E-state index is 4.01. The topological polar surface area (TPSA) is 38.7 Å². The molecule has 0 bridgehead atoms. The molecule has 0 fully saturated rings. The highest BCUT2D eigenvalue weighted by Gasteiger charge is 1.91. The Morgan fingerprint density at radius 2 is 1.00 bits per heavy atom. The molecule has 0 spiro atoms. The van der Waals surface area contributed by atoms with Gasteiger partial charge in [-0.3, -0.25) is 0 Å². The largest absolute Gasteiger partial charge is 1.00 e. The van der Waals surface area contributed by atoms with E-state index in [9.17, 15) is 0 Å². The van der Waals surface area contributed by atoms with E-state index in [-0.39, 0.29) is 1.43 Å². The Morgan fingerprint density at radius 1 is 0.778 bits per heavy atom. The first-order valence-electron chi connectivity index (χ1n) is 2.84. The van der Waals surface area contributed by atoms with E-state index in [0.29, 0.717) is 0 Å². The van der Waals surface area contributed by atoms with E-state index < -0.39 is 0 Å². The average molecular weight is 124 g/mol. The molecule has 3 nitrogen and oxygen atoms in total. The quantitative estimate of drug-likeness (QED) is 0.516. The van der Waals surface area contributed by atoms with Gasteiger partial charge >= 0.3 is 1.43 Å². The summed E-state index contributed by atoms with van der Waals surface area (Å²) in [5.74, 6) is 2.38. The van der Waals surface area contributed by atoms with Crippen LogP contribution in [0, 0.1) is 20.8 Å². The number of aryl methyl sites for hydroxylation is 3. The molecule has 0 saturated heterocycles. The van der Waals surface area contributed by atoms with Gasteiger partial charge in [-0.1, -0.05) is 0 Å². The Hall–Kier alpha value is -0.990. The summed E-state index contributed by atoms with van der Waals surface area (Å²) in [6.07, 6.45) is 0. The smallest absolute Gasteiger partial charge is 0.219 e. The summed E-state index contributed by atoms with van der Waals surface area (Å²) in [7, 11) is 0. The molecule has 1 rings (SSSR count). The third kappa shape index (κ3) is 1.45. The van der Waals surface area contributed by atoms with Gasteiger partial charge in [-0.25, -0.2) is 15.0 Å². The molecule has 48 valence electrons. The zero-order chi connectivity index (χ0) is 6.85. The fourth-order valence-electron chi connectivity index (χ4n) is 0.777. The number of rotatable bonds is 0. The predicted molar refractivity (Wildman–Crippen MR) is 35.1 cm³/mol. The van der Waals surface area contributed by atoms with Gasteiger partial charge in [-0.15, -0.1) is 0 Å². The van der Waals surface area contributed by atoms with Crippen LogP contribution in [0.4, 0.5) is 0 Å². The number of aromatic nitrogens is 3. The molecule has 0 aliphatic carbocycles. The van der Waals surface area contributed by atoms with Crippen LogP contribution < -0.4 is 0 Å². The van der Waals surface area contributed by atoms with Crippen molar-refractivity contribution in [2.45, 2.75) is 20.8 Å². The average Bonchev–Trinajstić information content (AvgIpc) is 1.59. The molecule has 0 aliphatic heterocycles. The minimum Gasteiger partial charge on any atom is -0.219 e. The minimum absolute atomic E-state index is 0. The van der Waals surface area contributed by atoms with Crippen LogP contribution in [0.2, 0.25) is 0 Å². The van der Waals surface area contributed by atoms with E-state index in [1.807, 2.05) is 20.8 Å². The van der Waals surface area contributed by atoms with Gasteiger partial charge in [-0.2, -0.15) is 0 Å². The molecule has 0 saturated carbocycles. The summed E-state index contributed by atoms with van der Waals surface area (Å²) in [6.45, 7) is 5.59. The third-order valence-corrected chi connectivity index (χ3v) is 0.971. The Labute approximate surface area is 55.7 Å². The first-order valence-corrected chi connectivity index (χ1v) is 2.84. The molecule has 0 aromatic carbocycles. The second-order valence-corrected chi connectivity index (χ2v) is 1.98. The van der Waals surface area contributed by atoms with Crippen molar-refractivity contribution in [3.63, 3.8) is 0 Å². The Kier molecular flexibility index (Phi) is 1.42. The van der Waals surface area contributed by atoms with Crippen LogP contribution in [-0.2, 0) is 0 Å². The number of hydrogen-bond donors (Lipinski definition) is 0. The highest BCUT2D eigenvalue weighted by molar-refractivity contribution is 4.91. The SMILES string of the molecule is Cc1nc(C)nc(C)n1.[H+].